The molecule has 0 fully saturated rings. The maximum atomic E-state index is 14.5. The van der Waals surface area contributed by atoms with Gasteiger partial charge in [0.2, 0.25) is 0 Å². The number of benzene rings is 2. The Kier molecular flexibility index (Phi) is 3.46. The second kappa shape index (κ2) is 4.97. The number of rotatable bonds is 0. The van der Waals surface area contributed by atoms with Gasteiger partial charge in [-0.1, -0.05) is 31.5 Å². The average molecular weight is 469 g/mol. The summed E-state index contributed by atoms with van der Waals surface area (Å²) in [7, 11) is 0. The van der Waals surface area contributed by atoms with Gasteiger partial charge >= 0.3 is 0 Å². The molecule has 0 amide bonds. The smallest absolute Gasteiger partial charge is 0.0459 e. The number of aromatic nitrogens is 1. The molecule has 113 valence electrons. The summed E-state index contributed by atoms with van der Waals surface area (Å²) in [6.45, 7) is 6.24. The Bertz CT molecular complexity index is 899. The molecule has 0 atom stereocenters. The van der Waals surface area contributed by atoms with Crippen LogP contribution >= 0.6 is 0 Å². The molecule has 0 bridgehead atoms. The zero-order valence-corrected chi connectivity index (χ0v) is 15.0. The summed E-state index contributed by atoms with van der Waals surface area (Å²) < 4.78 is 14.5. The number of hydrogen-bond acceptors (Lipinski definition) is 1. The maximum absolute atomic E-state index is 14.5. The molecular formula is C19H15FIrN-. The molecule has 1 radical (unpaired) electrons. The van der Waals surface area contributed by atoms with Crippen LogP contribution in [0, 0.1) is 18.8 Å². The van der Waals surface area contributed by atoms with Gasteiger partial charge in [-0.15, -0.1) is 23.8 Å². The van der Waals surface area contributed by atoms with Crippen LogP contribution in [0.4, 0.5) is 4.39 Å². The van der Waals surface area contributed by atoms with Crippen molar-refractivity contribution in [1.29, 1.82) is 0 Å². The number of pyridine rings is 1. The van der Waals surface area contributed by atoms with Crippen LogP contribution in [-0.4, -0.2) is 4.98 Å². The van der Waals surface area contributed by atoms with Gasteiger partial charge in [0.05, 0.1) is 0 Å². The predicted molar refractivity (Wildman–Crippen MR) is 82.8 cm³/mol. The molecule has 0 saturated carbocycles. The van der Waals surface area contributed by atoms with Crippen molar-refractivity contribution in [3.63, 3.8) is 0 Å². The average Bonchev–Trinajstić information content (AvgIpc) is 2.45. The zero-order valence-electron chi connectivity index (χ0n) is 12.6. The first-order chi connectivity index (χ1) is 10.0. The van der Waals surface area contributed by atoms with Crippen LogP contribution in [0.25, 0.3) is 22.0 Å². The largest absolute Gasteiger partial charge is 0.304 e. The van der Waals surface area contributed by atoms with Gasteiger partial charge in [0.15, 0.2) is 0 Å². The minimum atomic E-state index is -0.390. The van der Waals surface area contributed by atoms with Crippen LogP contribution in [0.2, 0.25) is 0 Å². The van der Waals surface area contributed by atoms with Crippen LogP contribution < -0.4 is 0 Å². The van der Waals surface area contributed by atoms with Crippen molar-refractivity contribution in [2.75, 3.05) is 0 Å². The van der Waals surface area contributed by atoms with Crippen LogP contribution in [0.3, 0.4) is 0 Å². The van der Waals surface area contributed by atoms with E-state index in [2.05, 4.69) is 44.0 Å². The van der Waals surface area contributed by atoms with Crippen molar-refractivity contribution < 1.29 is 24.5 Å². The first kappa shape index (κ1) is 15.3. The van der Waals surface area contributed by atoms with E-state index >= 15 is 0 Å². The van der Waals surface area contributed by atoms with Crippen LogP contribution in [0.1, 0.15) is 30.5 Å². The monoisotopic (exact) mass is 469 g/mol. The van der Waals surface area contributed by atoms with Gasteiger partial charge in [0.1, 0.15) is 0 Å². The number of fused-ring (bicyclic) bond motifs is 2. The topological polar surface area (TPSA) is 12.9 Å². The fraction of sp³-hybridized carbons (Fsp3) is 0.211. The van der Waals surface area contributed by atoms with E-state index in [-0.39, 0.29) is 31.3 Å². The van der Waals surface area contributed by atoms with Gasteiger partial charge in [0, 0.05) is 32.1 Å². The Morgan fingerprint density at radius 2 is 1.91 bits per heavy atom. The summed E-state index contributed by atoms with van der Waals surface area (Å²) in [6.07, 6.45) is 1.80. The van der Waals surface area contributed by atoms with Gasteiger partial charge < -0.3 is 4.98 Å². The number of nitrogens with zero attached hydrogens (tertiary/aromatic N) is 1. The molecule has 1 aliphatic rings. The van der Waals surface area contributed by atoms with Gasteiger partial charge in [0.25, 0.3) is 0 Å². The zero-order chi connectivity index (χ0) is 14.8. The molecule has 0 saturated heterocycles. The fourth-order valence-electron chi connectivity index (χ4n) is 3.56. The van der Waals surface area contributed by atoms with Gasteiger partial charge in [-0.05, 0) is 46.0 Å². The molecule has 4 rings (SSSR count). The normalized spacial score (nSPS) is 14.4. The summed E-state index contributed by atoms with van der Waals surface area (Å²) in [5.41, 5.74) is 4.30. The van der Waals surface area contributed by atoms with Crippen molar-refractivity contribution in [2.24, 2.45) is 0 Å². The van der Waals surface area contributed by atoms with E-state index in [1.54, 1.807) is 12.3 Å². The molecule has 1 aliphatic carbocycles. The summed E-state index contributed by atoms with van der Waals surface area (Å²) in [4.78, 5) is 4.53. The molecule has 1 nitrogen and oxygen atoms in total. The van der Waals surface area contributed by atoms with Crippen LogP contribution in [0.15, 0.2) is 36.5 Å². The van der Waals surface area contributed by atoms with E-state index in [0.717, 1.165) is 22.2 Å². The minimum Gasteiger partial charge on any atom is -0.304 e. The first-order valence-corrected chi connectivity index (χ1v) is 7.11. The molecule has 3 heteroatoms. The minimum absolute atomic E-state index is 0. The van der Waals surface area contributed by atoms with Crippen molar-refractivity contribution >= 4 is 10.8 Å². The first-order valence-electron chi connectivity index (χ1n) is 7.11. The van der Waals surface area contributed by atoms with Crippen molar-refractivity contribution in [3.8, 4) is 11.3 Å². The quantitative estimate of drug-likeness (QED) is 0.433. The molecule has 0 N–H and O–H groups in total. The Morgan fingerprint density at radius 1 is 1.14 bits per heavy atom. The van der Waals surface area contributed by atoms with E-state index in [1.807, 2.05) is 6.07 Å². The summed E-state index contributed by atoms with van der Waals surface area (Å²) in [6, 6.07) is 12.6. The molecule has 1 aromatic heterocycles. The SMILES string of the molecule is Cc1ccc2c3c(nccc13)-c1[c-]ccc(F)c1C2(C)C.[Ir]. The Morgan fingerprint density at radius 3 is 2.68 bits per heavy atom. The van der Waals surface area contributed by atoms with Gasteiger partial charge in [-0.25, -0.2) is 4.39 Å². The molecule has 22 heavy (non-hydrogen) atoms. The Balaban J connectivity index is 0.00000144. The van der Waals surface area contributed by atoms with Crippen molar-refractivity contribution in [1.82, 2.24) is 4.98 Å². The third-order valence-corrected chi connectivity index (χ3v) is 4.63. The van der Waals surface area contributed by atoms with Gasteiger partial charge in [-0.3, -0.25) is 0 Å². The van der Waals surface area contributed by atoms with Crippen molar-refractivity contribution in [3.05, 3.63) is 65.1 Å². The maximum Gasteiger partial charge on any atom is 0.0459 e. The molecule has 3 aromatic rings. The molecule has 1 heterocycles. The second-order valence-corrected chi connectivity index (χ2v) is 6.21. The van der Waals surface area contributed by atoms with E-state index in [9.17, 15) is 4.39 Å². The van der Waals surface area contributed by atoms with E-state index in [1.165, 1.54) is 17.0 Å². The molecule has 2 aromatic carbocycles. The molecule has 0 aliphatic heterocycles. The van der Waals surface area contributed by atoms with Crippen LogP contribution in [0.5, 0.6) is 0 Å². The number of aryl methyl sites for hydroxylation is 1. The second-order valence-electron chi connectivity index (χ2n) is 6.21. The summed E-state index contributed by atoms with van der Waals surface area (Å²) in [5.74, 6) is -0.182. The fourth-order valence-corrected chi connectivity index (χ4v) is 3.56. The van der Waals surface area contributed by atoms with E-state index < -0.39 is 0 Å². The van der Waals surface area contributed by atoms with Crippen LogP contribution in [-0.2, 0) is 25.5 Å². The summed E-state index contributed by atoms with van der Waals surface area (Å²) in [5, 5.41) is 2.32. The molecule has 0 spiro atoms. The third kappa shape index (κ3) is 1.82. The molecule has 0 unspecified atom stereocenters. The predicted octanol–water partition coefficient (Wildman–Crippen LogP) is 4.79. The van der Waals surface area contributed by atoms with E-state index in [4.69, 9.17) is 0 Å². The Hall–Kier alpha value is -1.57. The number of hydrogen-bond donors (Lipinski definition) is 0. The number of halogens is 1. The van der Waals surface area contributed by atoms with Gasteiger partial charge in [-0.2, -0.15) is 0 Å². The summed E-state index contributed by atoms with van der Waals surface area (Å²) >= 11 is 0. The third-order valence-electron chi connectivity index (χ3n) is 4.63. The van der Waals surface area contributed by atoms with Crippen molar-refractivity contribution in [2.45, 2.75) is 26.2 Å². The van der Waals surface area contributed by atoms with E-state index in [0.29, 0.717) is 5.56 Å². The standard InChI is InChI=1S/C19H15FN.Ir/c1-11-7-8-14-16-12(11)9-10-21-18(16)13-5-4-6-15(20)17(13)19(14,2)3;/h4,6-10H,1-3H3;/q-1;. The molecular weight excluding hydrogens is 453 g/mol. The Labute approximate surface area is 142 Å².